The monoisotopic (exact) mass is 230 g/mol. The van der Waals surface area contributed by atoms with Crippen molar-refractivity contribution in [1.29, 1.82) is 0 Å². The third-order valence-corrected chi connectivity index (χ3v) is 2.61. The third kappa shape index (κ3) is 2.30. The second-order valence-electron chi connectivity index (χ2n) is 3.87. The maximum atomic E-state index is 11.5. The van der Waals surface area contributed by atoms with Crippen LogP contribution in [0.5, 0.6) is 0 Å². The summed E-state index contributed by atoms with van der Waals surface area (Å²) in [5, 5.41) is 18.2. The minimum Gasteiger partial charge on any atom is -0.480 e. The molecule has 1 saturated heterocycles. The Morgan fingerprint density at radius 3 is 2.44 bits per heavy atom. The minimum atomic E-state index is -1.32. The van der Waals surface area contributed by atoms with Crippen LogP contribution in [0.25, 0.3) is 0 Å². The molecule has 0 saturated carbocycles. The highest BCUT2D eigenvalue weighted by Crippen LogP contribution is 2.21. The van der Waals surface area contributed by atoms with Crippen LogP contribution < -0.4 is 5.73 Å². The Morgan fingerprint density at radius 1 is 1.56 bits per heavy atom. The van der Waals surface area contributed by atoms with Gasteiger partial charge in [0.15, 0.2) is 6.04 Å². The Labute approximate surface area is 91.8 Å². The second-order valence-corrected chi connectivity index (χ2v) is 3.87. The number of carbonyl (C=O) groups excluding carboxylic acids is 2. The van der Waals surface area contributed by atoms with Crippen molar-refractivity contribution >= 4 is 17.8 Å². The van der Waals surface area contributed by atoms with Gasteiger partial charge in [-0.1, -0.05) is 0 Å². The summed E-state index contributed by atoms with van der Waals surface area (Å²) in [6, 6.07) is -1.32. The van der Waals surface area contributed by atoms with E-state index in [-0.39, 0.29) is 13.0 Å². The normalized spacial score (nSPS) is 24.2. The van der Waals surface area contributed by atoms with Crippen LogP contribution in [0.2, 0.25) is 0 Å². The van der Waals surface area contributed by atoms with E-state index >= 15 is 0 Å². The maximum absolute atomic E-state index is 11.5. The second kappa shape index (κ2) is 4.48. The highest BCUT2D eigenvalue weighted by Gasteiger charge is 2.41. The summed E-state index contributed by atoms with van der Waals surface area (Å²) in [6.45, 7) is 1.24. The Balaban J connectivity index is 2.84. The van der Waals surface area contributed by atoms with Crippen LogP contribution in [-0.4, -0.2) is 51.6 Å². The number of nitrogens with two attached hydrogens (primary N) is 1. The zero-order valence-electron chi connectivity index (χ0n) is 8.79. The van der Waals surface area contributed by atoms with Gasteiger partial charge < -0.3 is 20.8 Å². The molecule has 1 aliphatic rings. The van der Waals surface area contributed by atoms with E-state index in [0.717, 1.165) is 4.90 Å². The van der Waals surface area contributed by atoms with Crippen molar-refractivity contribution in [1.82, 2.24) is 4.90 Å². The number of amides is 2. The van der Waals surface area contributed by atoms with E-state index in [9.17, 15) is 19.5 Å². The molecule has 0 aliphatic carbocycles. The number of rotatable bonds is 4. The molecule has 16 heavy (non-hydrogen) atoms. The van der Waals surface area contributed by atoms with Gasteiger partial charge in [0.2, 0.25) is 11.8 Å². The molecule has 90 valence electrons. The molecule has 4 N–H and O–H groups in total. The van der Waals surface area contributed by atoms with E-state index < -0.39 is 35.8 Å². The number of nitrogens with zero attached hydrogens (tertiary/aromatic N) is 1. The Kier molecular flexibility index (Phi) is 3.48. The van der Waals surface area contributed by atoms with Gasteiger partial charge in [-0.3, -0.25) is 9.59 Å². The largest absolute Gasteiger partial charge is 0.480 e. The first kappa shape index (κ1) is 12.4. The molecule has 1 fully saturated rings. The number of carboxylic acids is 1. The van der Waals surface area contributed by atoms with E-state index in [0.29, 0.717) is 0 Å². The molecule has 0 bridgehead atoms. The Morgan fingerprint density at radius 2 is 2.12 bits per heavy atom. The average molecular weight is 230 g/mol. The molecule has 0 spiro atoms. The molecule has 0 radical (unpaired) electrons. The number of carbonyl (C=O) groups is 3. The van der Waals surface area contributed by atoms with Crippen molar-refractivity contribution in [2.24, 2.45) is 11.7 Å². The number of carboxylic acid groups (broad SMARTS) is 1. The molecular formula is C9H14N2O5. The standard InChI is InChI=1S/C9H14N2O5/c1-4(12)7(9(15)16)11-3-5(8(10)14)2-6(11)13/h4-5,7,12H,2-3H2,1H3,(H2,10,14)(H,15,16)/t4-,5?,7+/m0/s1. The number of hydrogen-bond donors (Lipinski definition) is 3. The summed E-state index contributed by atoms with van der Waals surface area (Å²) >= 11 is 0. The van der Waals surface area contributed by atoms with Crippen molar-refractivity contribution in [2.45, 2.75) is 25.5 Å². The highest BCUT2D eigenvalue weighted by molar-refractivity contribution is 5.91. The number of likely N-dealkylation sites (tertiary alicyclic amines) is 1. The molecule has 0 aromatic carbocycles. The molecule has 1 unspecified atom stereocenters. The highest BCUT2D eigenvalue weighted by atomic mass is 16.4. The lowest BCUT2D eigenvalue weighted by atomic mass is 10.1. The fourth-order valence-electron chi connectivity index (χ4n) is 1.79. The van der Waals surface area contributed by atoms with Crippen LogP contribution in [0.4, 0.5) is 0 Å². The SMILES string of the molecule is C[C@H](O)[C@H](C(=O)O)N1CC(C(N)=O)CC1=O. The predicted octanol–water partition coefficient (Wildman–Crippen LogP) is -1.85. The lowest BCUT2D eigenvalue weighted by Gasteiger charge is -2.26. The number of aliphatic carboxylic acids is 1. The van der Waals surface area contributed by atoms with Crippen LogP contribution in [0.15, 0.2) is 0 Å². The van der Waals surface area contributed by atoms with Gasteiger partial charge in [0, 0.05) is 13.0 Å². The third-order valence-electron chi connectivity index (χ3n) is 2.61. The molecule has 1 rings (SSSR count). The first-order chi connectivity index (χ1) is 7.34. The molecule has 1 heterocycles. The summed E-state index contributed by atoms with van der Waals surface area (Å²) in [4.78, 5) is 34.2. The van der Waals surface area contributed by atoms with Crippen LogP contribution >= 0.6 is 0 Å². The predicted molar refractivity (Wildman–Crippen MR) is 52.1 cm³/mol. The van der Waals surface area contributed by atoms with Gasteiger partial charge >= 0.3 is 5.97 Å². The summed E-state index contributed by atoms with van der Waals surface area (Å²) in [6.07, 6.45) is -1.29. The van der Waals surface area contributed by atoms with Crippen molar-refractivity contribution in [2.75, 3.05) is 6.54 Å². The zero-order chi connectivity index (χ0) is 12.5. The van der Waals surface area contributed by atoms with Gasteiger partial charge in [0.1, 0.15) is 0 Å². The minimum absolute atomic E-state index is 0.0456. The van der Waals surface area contributed by atoms with Crippen molar-refractivity contribution < 1.29 is 24.6 Å². The molecule has 7 heteroatoms. The molecule has 0 aromatic rings. The molecule has 0 aromatic heterocycles. The molecule has 1 aliphatic heterocycles. The Hall–Kier alpha value is -1.63. The van der Waals surface area contributed by atoms with E-state index in [2.05, 4.69) is 0 Å². The van der Waals surface area contributed by atoms with Gasteiger partial charge in [-0.25, -0.2) is 4.79 Å². The first-order valence-electron chi connectivity index (χ1n) is 4.84. The molecule has 3 atom stereocenters. The van der Waals surface area contributed by atoms with Gasteiger partial charge in [-0.05, 0) is 6.92 Å². The lowest BCUT2D eigenvalue weighted by Crippen LogP contribution is -2.49. The quantitative estimate of drug-likeness (QED) is 0.523. The van der Waals surface area contributed by atoms with Crippen LogP contribution in [0.3, 0.4) is 0 Å². The van der Waals surface area contributed by atoms with Gasteiger partial charge in [-0.15, -0.1) is 0 Å². The summed E-state index contributed by atoms with van der Waals surface area (Å²) < 4.78 is 0. The van der Waals surface area contributed by atoms with E-state index in [4.69, 9.17) is 10.8 Å². The number of hydrogen-bond acceptors (Lipinski definition) is 4. The maximum Gasteiger partial charge on any atom is 0.329 e. The smallest absolute Gasteiger partial charge is 0.329 e. The van der Waals surface area contributed by atoms with E-state index in [1.54, 1.807) is 0 Å². The van der Waals surface area contributed by atoms with Gasteiger partial charge in [0.05, 0.1) is 12.0 Å². The van der Waals surface area contributed by atoms with Gasteiger partial charge in [0.25, 0.3) is 0 Å². The number of aliphatic hydroxyl groups is 1. The molecular weight excluding hydrogens is 216 g/mol. The van der Waals surface area contributed by atoms with Crippen molar-refractivity contribution in [3.05, 3.63) is 0 Å². The van der Waals surface area contributed by atoms with E-state index in [1.807, 2.05) is 0 Å². The van der Waals surface area contributed by atoms with Crippen molar-refractivity contribution in [3.63, 3.8) is 0 Å². The fraction of sp³-hybridized carbons (Fsp3) is 0.667. The lowest BCUT2D eigenvalue weighted by molar-refractivity contribution is -0.152. The topological polar surface area (TPSA) is 121 Å². The summed E-state index contributed by atoms with van der Waals surface area (Å²) in [5.41, 5.74) is 5.05. The van der Waals surface area contributed by atoms with Crippen LogP contribution in [0.1, 0.15) is 13.3 Å². The van der Waals surface area contributed by atoms with Gasteiger partial charge in [-0.2, -0.15) is 0 Å². The number of primary amides is 1. The van der Waals surface area contributed by atoms with Crippen LogP contribution in [0, 0.1) is 5.92 Å². The molecule has 2 amide bonds. The molecule has 7 nitrogen and oxygen atoms in total. The number of aliphatic hydroxyl groups excluding tert-OH is 1. The zero-order valence-corrected chi connectivity index (χ0v) is 8.79. The summed E-state index contributed by atoms with van der Waals surface area (Å²) in [7, 11) is 0. The fourth-order valence-corrected chi connectivity index (χ4v) is 1.79. The van der Waals surface area contributed by atoms with Crippen molar-refractivity contribution in [3.8, 4) is 0 Å². The summed E-state index contributed by atoms with van der Waals surface area (Å²) in [5.74, 6) is -3.08. The first-order valence-corrected chi connectivity index (χ1v) is 4.84. The Bertz CT molecular complexity index is 328. The van der Waals surface area contributed by atoms with Crippen LogP contribution in [-0.2, 0) is 14.4 Å². The average Bonchev–Trinajstić information content (AvgIpc) is 2.47. The van der Waals surface area contributed by atoms with E-state index in [1.165, 1.54) is 6.92 Å².